The van der Waals surface area contributed by atoms with Gasteiger partial charge in [-0.1, -0.05) is 74.8 Å². The Balaban J connectivity index is 1.80. The first-order valence-electron chi connectivity index (χ1n) is 11.8. The molecule has 1 atom stereocenters. The van der Waals surface area contributed by atoms with Gasteiger partial charge in [-0.25, -0.2) is 0 Å². The van der Waals surface area contributed by atoms with Crippen LogP contribution in [0, 0.1) is 0 Å². The van der Waals surface area contributed by atoms with Gasteiger partial charge in [-0.05, 0) is 58.9 Å². The van der Waals surface area contributed by atoms with E-state index in [4.69, 9.17) is 16.2 Å². The smallest absolute Gasteiger partial charge is 0.266 e. The molecule has 3 aromatic rings. The molecule has 0 spiro atoms. The first-order chi connectivity index (χ1) is 17.3. The monoisotopic (exact) mass is 542 g/mol. The van der Waals surface area contributed by atoms with Crippen LogP contribution in [-0.4, -0.2) is 37.1 Å². The highest BCUT2D eigenvalue weighted by Crippen LogP contribution is 2.28. The standard InChI is InChI=1S/C28H31ClN2O5S/c1-28(2,3)22-13-11-20(12-14-22)25(27(33)31-24-6-4-5-23(29)18-24)17-19-7-9-21(10-8-19)26(32)30-15-16-37(34,35)36/h4-14,18,25H,15-17H2,1-3H3,(H,30,32)(H,31,33)(H,34,35,36). The van der Waals surface area contributed by atoms with E-state index in [-0.39, 0.29) is 17.9 Å². The summed E-state index contributed by atoms with van der Waals surface area (Å²) in [6.07, 6.45) is 0.395. The molecule has 0 fully saturated rings. The van der Waals surface area contributed by atoms with E-state index >= 15 is 0 Å². The van der Waals surface area contributed by atoms with Gasteiger partial charge in [0.1, 0.15) is 0 Å². The Morgan fingerprint density at radius 2 is 1.62 bits per heavy atom. The van der Waals surface area contributed by atoms with Gasteiger partial charge in [0, 0.05) is 22.8 Å². The lowest BCUT2D eigenvalue weighted by Gasteiger charge is -2.22. The molecule has 0 aliphatic carbocycles. The van der Waals surface area contributed by atoms with Gasteiger partial charge in [0.25, 0.3) is 16.0 Å². The van der Waals surface area contributed by atoms with Crippen LogP contribution in [0.3, 0.4) is 0 Å². The van der Waals surface area contributed by atoms with Gasteiger partial charge in [-0.3, -0.25) is 14.1 Å². The number of anilines is 1. The molecule has 0 saturated carbocycles. The van der Waals surface area contributed by atoms with E-state index < -0.39 is 27.7 Å². The highest BCUT2D eigenvalue weighted by atomic mass is 35.5. The van der Waals surface area contributed by atoms with Crippen molar-refractivity contribution in [2.75, 3.05) is 17.6 Å². The summed E-state index contributed by atoms with van der Waals surface area (Å²) in [5.74, 6) is -1.70. The second-order valence-electron chi connectivity index (χ2n) is 9.87. The molecule has 0 aliphatic rings. The number of halogens is 1. The summed E-state index contributed by atoms with van der Waals surface area (Å²) in [6.45, 7) is 6.19. The van der Waals surface area contributed by atoms with Crippen molar-refractivity contribution in [2.45, 2.75) is 38.5 Å². The minimum atomic E-state index is -4.15. The number of amides is 2. The maximum atomic E-state index is 13.4. The number of carbonyl (C=O) groups excluding carboxylic acids is 2. The Labute approximate surface area is 223 Å². The van der Waals surface area contributed by atoms with Crippen LogP contribution >= 0.6 is 11.6 Å². The van der Waals surface area contributed by atoms with Gasteiger partial charge < -0.3 is 10.6 Å². The van der Waals surface area contributed by atoms with Gasteiger partial charge in [0.05, 0.1) is 11.7 Å². The Bertz CT molecular complexity index is 1350. The fourth-order valence-electron chi connectivity index (χ4n) is 3.80. The molecule has 3 aromatic carbocycles. The Morgan fingerprint density at radius 1 is 0.973 bits per heavy atom. The summed E-state index contributed by atoms with van der Waals surface area (Å²) in [5.41, 5.74) is 3.79. The predicted octanol–water partition coefficient (Wildman–Crippen LogP) is 5.22. The number of carbonyl (C=O) groups is 2. The zero-order chi connectivity index (χ0) is 27.2. The summed E-state index contributed by atoms with van der Waals surface area (Å²) < 4.78 is 30.5. The maximum absolute atomic E-state index is 13.4. The van der Waals surface area contributed by atoms with Crippen LogP contribution in [0.4, 0.5) is 5.69 Å². The third-order valence-electron chi connectivity index (χ3n) is 5.89. The average Bonchev–Trinajstić information content (AvgIpc) is 2.81. The van der Waals surface area contributed by atoms with Gasteiger partial charge in [0.15, 0.2) is 0 Å². The van der Waals surface area contributed by atoms with Crippen molar-refractivity contribution in [3.05, 3.63) is 100 Å². The fourth-order valence-corrected chi connectivity index (χ4v) is 4.35. The topological polar surface area (TPSA) is 113 Å². The molecule has 0 radical (unpaired) electrons. The van der Waals surface area contributed by atoms with Crippen LogP contribution in [0.15, 0.2) is 72.8 Å². The highest BCUT2D eigenvalue weighted by molar-refractivity contribution is 7.85. The fraction of sp³-hybridized carbons (Fsp3) is 0.286. The van der Waals surface area contributed by atoms with Crippen molar-refractivity contribution >= 4 is 39.2 Å². The molecule has 7 nitrogen and oxygen atoms in total. The number of nitrogens with one attached hydrogen (secondary N) is 2. The van der Waals surface area contributed by atoms with Gasteiger partial charge in [-0.15, -0.1) is 0 Å². The van der Waals surface area contributed by atoms with Crippen molar-refractivity contribution < 1.29 is 22.6 Å². The van der Waals surface area contributed by atoms with Crippen LogP contribution < -0.4 is 10.6 Å². The summed E-state index contributed by atoms with van der Waals surface area (Å²) in [4.78, 5) is 25.7. The van der Waals surface area contributed by atoms with Gasteiger partial charge in [0.2, 0.25) is 5.91 Å². The maximum Gasteiger partial charge on any atom is 0.266 e. The summed E-state index contributed by atoms with van der Waals surface area (Å²) in [7, 11) is -4.15. The van der Waals surface area contributed by atoms with E-state index in [9.17, 15) is 18.0 Å². The molecule has 196 valence electrons. The lowest BCUT2D eigenvalue weighted by atomic mass is 9.84. The van der Waals surface area contributed by atoms with Crippen LogP contribution in [0.2, 0.25) is 5.02 Å². The molecule has 0 saturated heterocycles. The summed E-state index contributed by atoms with van der Waals surface area (Å²) in [6, 6.07) is 21.8. The predicted molar refractivity (Wildman–Crippen MR) is 147 cm³/mol. The minimum absolute atomic E-state index is 0.0190. The van der Waals surface area contributed by atoms with E-state index in [2.05, 4.69) is 31.4 Å². The zero-order valence-corrected chi connectivity index (χ0v) is 22.6. The van der Waals surface area contributed by atoms with E-state index in [0.29, 0.717) is 22.7 Å². The first-order valence-corrected chi connectivity index (χ1v) is 13.8. The van der Waals surface area contributed by atoms with E-state index in [1.165, 1.54) is 0 Å². The second kappa shape index (κ2) is 11.9. The van der Waals surface area contributed by atoms with Crippen molar-refractivity contribution in [1.82, 2.24) is 5.32 Å². The molecule has 9 heteroatoms. The molecular formula is C28H31ClN2O5S. The van der Waals surface area contributed by atoms with E-state index in [1.54, 1.807) is 48.5 Å². The molecule has 37 heavy (non-hydrogen) atoms. The Hall–Kier alpha value is -3.20. The summed E-state index contributed by atoms with van der Waals surface area (Å²) in [5, 5.41) is 5.93. The molecule has 0 heterocycles. The molecule has 0 aromatic heterocycles. The zero-order valence-electron chi connectivity index (χ0n) is 21.0. The third-order valence-corrected chi connectivity index (χ3v) is 6.84. The lowest BCUT2D eigenvalue weighted by molar-refractivity contribution is -0.117. The van der Waals surface area contributed by atoms with Crippen molar-refractivity contribution in [3.63, 3.8) is 0 Å². The van der Waals surface area contributed by atoms with E-state index in [1.807, 2.05) is 24.3 Å². The minimum Gasteiger partial charge on any atom is -0.351 e. The van der Waals surface area contributed by atoms with Gasteiger partial charge >= 0.3 is 0 Å². The quantitative estimate of drug-likeness (QED) is 0.321. The Kier molecular flexibility index (Phi) is 9.12. The molecule has 1 unspecified atom stereocenters. The number of rotatable bonds is 9. The Morgan fingerprint density at radius 3 is 2.19 bits per heavy atom. The van der Waals surface area contributed by atoms with Crippen molar-refractivity contribution in [2.24, 2.45) is 0 Å². The van der Waals surface area contributed by atoms with Crippen molar-refractivity contribution in [3.8, 4) is 0 Å². The first kappa shape index (κ1) is 28.4. The van der Waals surface area contributed by atoms with Crippen LogP contribution in [-0.2, 0) is 26.7 Å². The van der Waals surface area contributed by atoms with Gasteiger partial charge in [-0.2, -0.15) is 8.42 Å². The molecule has 0 aliphatic heterocycles. The SMILES string of the molecule is CC(C)(C)c1ccc(C(Cc2ccc(C(=O)NCCS(=O)(=O)O)cc2)C(=O)Nc2cccc(Cl)c2)cc1. The molecule has 3 rings (SSSR count). The molecule has 0 bridgehead atoms. The largest absolute Gasteiger partial charge is 0.351 e. The molecule has 2 amide bonds. The summed E-state index contributed by atoms with van der Waals surface area (Å²) >= 11 is 6.08. The number of hydrogen-bond acceptors (Lipinski definition) is 4. The lowest BCUT2D eigenvalue weighted by Crippen LogP contribution is -2.28. The number of hydrogen-bond donors (Lipinski definition) is 3. The van der Waals surface area contributed by atoms with Crippen LogP contribution in [0.5, 0.6) is 0 Å². The molecule has 3 N–H and O–H groups in total. The highest BCUT2D eigenvalue weighted by Gasteiger charge is 2.23. The van der Waals surface area contributed by atoms with Crippen LogP contribution in [0.1, 0.15) is 53.7 Å². The van der Waals surface area contributed by atoms with Crippen molar-refractivity contribution in [1.29, 1.82) is 0 Å². The third kappa shape index (κ3) is 8.70. The second-order valence-corrected chi connectivity index (χ2v) is 11.9. The van der Waals surface area contributed by atoms with E-state index in [0.717, 1.165) is 16.7 Å². The number of benzene rings is 3. The normalized spacial score (nSPS) is 12.6. The van der Waals surface area contributed by atoms with Crippen LogP contribution in [0.25, 0.3) is 0 Å². The average molecular weight is 543 g/mol. The molecular weight excluding hydrogens is 512 g/mol.